The van der Waals surface area contributed by atoms with Gasteiger partial charge < -0.3 is 16.4 Å². The van der Waals surface area contributed by atoms with Crippen LogP contribution in [0.15, 0.2) is 58.0 Å². The molecule has 1 unspecified atom stereocenters. The van der Waals surface area contributed by atoms with Crippen molar-refractivity contribution in [2.75, 3.05) is 18.4 Å². The summed E-state index contributed by atoms with van der Waals surface area (Å²) in [4.78, 5) is 11.8. The topological polar surface area (TPSA) is 91.0 Å². The molecule has 5 nitrogen and oxygen atoms in total. The summed E-state index contributed by atoms with van der Waals surface area (Å²) < 4.78 is 0. The zero-order chi connectivity index (χ0) is 19.6. The molecular formula is C19H25B3N4O. The number of hydrogen-bond acceptors (Lipinski definition) is 4. The molecule has 27 heavy (non-hydrogen) atoms. The van der Waals surface area contributed by atoms with Gasteiger partial charge in [0.05, 0.1) is 11.3 Å². The Morgan fingerprint density at radius 1 is 1.19 bits per heavy atom. The Morgan fingerprint density at radius 2 is 1.89 bits per heavy atom. The molecule has 1 atom stereocenters. The first-order chi connectivity index (χ1) is 12.9. The van der Waals surface area contributed by atoms with Crippen LogP contribution in [0.25, 0.3) is 0 Å². The van der Waals surface area contributed by atoms with Gasteiger partial charge in [-0.05, 0) is 43.0 Å². The van der Waals surface area contributed by atoms with Gasteiger partial charge in [0, 0.05) is 24.0 Å². The Hall–Kier alpha value is -2.47. The lowest BCUT2D eigenvalue weighted by atomic mass is 9.62. The number of allylic oxidation sites excluding steroid dienone is 4. The van der Waals surface area contributed by atoms with Crippen molar-refractivity contribution < 1.29 is 4.79 Å². The highest BCUT2D eigenvalue weighted by atomic mass is 16.1. The van der Waals surface area contributed by atoms with E-state index in [9.17, 15) is 4.79 Å². The van der Waals surface area contributed by atoms with Crippen molar-refractivity contribution in [2.45, 2.75) is 18.8 Å². The van der Waals surface area contributed by atoms with E-state index < -0.39 is 5.91 Å². The standard InChI is InChI=1S/C19H25B3N4O/c20-15-13(18(23)14(19(24)27)16(21)17(15)22)9-26-12-5-3-10(4-6-12)11-2-1-7-25-8-11/h3-6,9,11,23,25-26H,1-2,7-8,20-22H2,(H2,24,27)/b13-9-,23-18?. The highest BCUT2D eigenvalue weighted by Crippen LogP contribution is 2.28. The molecule has 1 aliphatic carbocycles. The van der Waals surface area contributed by atoms with Crippen LogP contribution in [0.4, 0.5) is 5.69 Å². The molecule has 0 saturated carbocycles. The number of amides is 1. The molecule has 8 heteroatoms. The van der Waals surface area contributed by atoms with Crippen molar-refractivity contribution in [1.82, 2.24) is 5.32 Å². The molecule has 1 heterocycles. The lowest BCUT2D eigenvalue weighted by Gasteiger charge is -2.24. The number of carbonyl (C=O) groups is 1. The molecule has 136 valence electrons. The number of nitrogens with two attached hydrogens (primary N) is 1. The number of primary amides is 1. The number of piperidine rings is 1. The second-order valence-electron chi connectivity index (χ2n) is 7.36. The van der Waals surface area contributed by atoms with Gasteiger partial charge in [-0.3, -0.25) is 10.2 Å². The average Bonchev–Trinajstić information content (AvgIpc) is 2.67. The largest absolute Gasteiger partial charge is 0.366 e. The molecule has 1 aliphatic heterocycles. The summed E-state index contributed by atoms with van der Waals surface area (Å²) in [5.41, 5.74) is 11.8. The van der Waals surface area contributed by atoms with Crippen LogP contribution in [-0.2, 0) is 4.79 Å². The summed E-state index contributed by atoms with van der Waals surface area (Å²) in [6, 6.07) is 8.46. The van der Waals surface area contributed by atoms with E-state index >= 15 is 0 Å². The first-order valence-corrected chi connectivity index (χ1v) is 9.45. The fourth-order valence-electron chi connectivity index (χ4n) is 3.81. The molecule has 0 bridgehead atoms. The summed E-state index contributed by atoms with van der Waals surface area (Å²) >= 11 is 0. The monoisotopic (exact) mass is 358 g/mol. The molecule has 5 N–H and O–H groups in total. The predicted octanol–water partition coefficient (Wildman–Crippen LogP) is -0.667. The fourth-order valence-corrected chi connectivity index (χ4v) is 3.81. The lowest BCUT2D eigenvalue weighted by molar-refractivity contribution is -0.114. The van der Waals surface area contributed by atoms with E-state index in [1.54, 1.807) is 6.20 Å². The van der Waals surface area contributed by atoms with Crippen LogP contribution in [0.5, 0.6) is 0 Å². The molecule has 1 aromatic rings. The van der Waals surface area contributed by atoms with Crippen LogP contribution in [0.1, 0.15) is 24.3 Å². The van der Waals surface area contributed by atoms with E-state index in [0.717, 1.165) is 35.2 Å². The van der Waals surface area contributed by atoms with E-state index in [1.807, 2.05) is 23.5 Å². The minimum atomic E-state index is -0.555. The first kappa shape index (κ1) is 19.3. The van der Waals surface area contributed by atoms with Crippen LogP contribution in [-0.4, -0.2) is 48.2 Å². The van der Waals surface area contributed by atoms with Gasteiger partial charge in [-0.25, -0.2) is 0 Å². The maximum atomic E-state index is 11.8. The van der Waals surface area contributed by atoms with Crippen LogP contribution in [0.2, 0.25) is 0 Å². The Kier molecular flexibility index (Phi) is 5.75. The van der Waals surface area contributed by atoms with Crippen molar-refractivity contribution in [3.63, 3.8) is 0 Å². The third-order valence-electron chi connectivity index (χ3n) is 5.73. The minimum absolute atomic E-state index is 0.181. The van der Waals surface area contributed by atoms with Crippen molar-refractivity contribution in [3.8, 4) is 0 Å². The van der Waals surface area contributed by atoms with E-state index in [-0.39, 0.29) is 5.71 Å². The molecule has 1 amide bonds. The summed E-state index contributed by atoms with van der Waals surface area (Å²) in [5.74, 6) is 0.0254. The third-order valence-corrected chi connectivity index (χ3v) is 5.73. The second kappa shape index (κ2) is 8.05. The van der Waals surface area contributed by atoms with Gasteiger partial charge in [-0.2, -0.15) is 0 Å². The highest BCUT2D eigenvalue weighted by Gasteiger charge is 2.25. The van der Waals surface area contributed by atoms with E-state index in [0.29, 0.717) is 17.1 Å². The Morgan fingerprint density at radius 3 is 2.48 bits per heavy atom. The zero-order valence-electron chi connectivity index (χ0n) is 16.3. The van der Waals surface area contributed by atoms with Gasteiger partial charge in [-0.15, -0.1) is 0 Å². The van der Waals surface area contributed by atoms with E-state index in [4.69, 9.17) is 11.1 Å². The number of rotatable bonds is 4. The molecule has 0 aromatic heterocycles. The van der Waals surface area contributed by atoms with Gasteiger partial charge in [0.1, 0.15) is 23.5 Å². The van der Waals surface area contributed by atoms with Gasteiger partial charge in [0.2, 0.25) is 5.91 Å². The number of carbonyl (C=O) groups excluding carboxylic acids is 1. The van der Waals surface area contributed by atoms with Crippen LogP contribution in [0, 0.1) is 5.41 Å². The second-order valence-corrected chi connectivity index (χ2v) is 7.36. The Labute approximate surface area is 163 Å². The first-order valence-electron chi connectivity index (χ1n) is 9.45. The number of benzene rings is 1. The van der Waals surface area contributed by atoms with Crippen molar-refractivity contribution in [1.29, 1.82) is 5.41 Å². The summed E-state index contributed by atoms with van der Waals surface area (Å²) in [5, 5.41) is 15.1. The molecule has 1 saturated heterocycles. The van der Waals surface area contributed by atoms with Crippen molar-refractivity contribution >= 4 is 40.8 Å². The lowest BCUT2D eigenvalue weighted by Crippen LogP contribution is -2.28. The van der Waals surface area contributed by atoms with E-state index in [2.05, 4.69) is 34.9 Å². The highest BCUT2D eigenvalue weighted by molar-refractivity contribution is 6.50. The maximum Gasteiger partial charge on any atom is 0.250 e. The minimum Gasteiger partial charge on any atom is -0.366 e. The number of nitrogens with one attached hydrogen (secondary N) is 3. The third kappa shape index (κ3) is 3.95. The van der Waals surface area contributed by atoms with Crippen LogP contribution in [0.3, 0.4) is 0 Å². The SMILES string of the molecule is BC1=C(C(N)=O)C(=N)/C(=C\Nc2ccc(C3CCCNC3)cc2)C(B)=C1B. The normalized spacial score (nSPS) is 22.3. The number of hydrogen-bond donors (Lipinski definition) is 4. The predicted molar refractivity (Wildman–Crippen MR) is 120 cm³/mol. The summed E-state index contributed by atoms with van der Waals surface area (Å²) in [6.45, 7) is 2.15. The van der Waals surface area contributed by atoms with Gasteiger partial charge in [0.25, 0.3) is 0 Å². The Bertz CT molecular complexity index is 865. The quantitative estimate of drug-likeness (QED) is 0.539. The molecular weight excluding hydrogens is 333 g/mol. The summed E-state index contributed by atoms with van der Waals surface area (Å²) in [7, 11) is 5.77. The molecule has 1 aromatic carbocycles. The molecule has 1 fully saturated rings. The molecule has 2 aliphatic rings. The smallest absolute Gasteiger partial charge is 0.250 e. The van der Waals surface area contributed by atoms with Crippen molar-refractivity contribution in [2.24, 2.45) is 5.73 Å². The van der Waals surface area contributed by atoms with Crippen molar-refractivity contribution in [3.05, 3.63) is 63.6 Å². The van der Waals surface area contributed by atoms with Gasteiger partial charge >= 0.3 is 0 Å². The fraction of sp³-hybridized carbons (Fsp3) is 0.263. The number of anilines is 1. The van der Waals surface area contributed by atoms with Crippen LogP contribution >= 0.6 is 0 Å². The van der Waals surface area contributed by atoms with Crippen LogP contribution < -0.4 is 16.4 Å². The Balaban J connectivity index is 1.79. The van der Waals surface area contributed by atoms with Gasteiger partial charge in [-0.1, -0.05) is 28.6 Å². The molecule has 0 spiro atoms. The summed E-state index contributed by atoms with van der Waals surface area (Å²) in [6.07, 6.45) is 4.25. The van der Waals surface area contributed by atoms with E-state index in [1.165, 1.54) is 18.4 Å². The average molecular weight is 358 g/mol. The molecule has 3 rings (SSSR count). The zero-order valence-corrected chi connectivity index (χ0v) is 16.3. The molecule has 0 radical (unpaired) electrons. The van der Waals surface area contributed by atoms with Gasteiger partial charge in [0.15, 0.2) is 0 Å². The maximum absolute atomic E-state index is 11.8.